The molecule has 0 N–H and O–H groups in total. The van der Waals surface area contributed by atoms with Gasteiger partial charge in [-0.3, -0.25) is 0 Å². The predicted octanol–water partition coefficient (Wildman–Crippen LogP) is 6.38. The third-order valence-electron chi connectivity index (χ3n) is 5.54. The van der Waals surface area contributed by atoms with Gasteiger partial charge in [0.15, 0.2) is 0 Å². The second kappa shape index (κ2) is 12.7. The van der Waals surface area contributed by atoms with Crippen LogP contribution < -0.4 is 4.74 Å². The highest BCUT2D eigenvalue weighted by Gasteiger charge is 2.15. The highest BCUT2D eigenvalue weighted by atomic mass is 32.1. The summed E-state index contributed by atoms with van der Waals surface area (Å²) in [7, 11) is 0. The molecule has 0 aliphatic carbocycles. The number of para-hydroxylation sites is 2. The number of rotatable bonds is 13. The van der Waals surface area contributed by atoms with Gasteiger partial charge >= 0.3 is 5.97 Å². The average Bonchev–Trinajstić information content (AvgIpc) is 3.58. The van der Waals surface area contributed by atoms with E-state index in [2.05, 4.69) is 24.8 Å². The molecule has 3 aromatic carbocycles. The van der Waals surface area contributed by atoms with Crippen LogP contribution >= 0.6 is 22.7 Å². The van der Waals surface area contributed by atoms with Crippen molar-refractivity contribution >= 4 is 49.1 Å². The molecule has 7 nitrogen and oxygen atoms in total. The Balaban J connectivity index is 1.24. The van der Waals surface area contributed by atoms with E-state index in [0.717, 1.165) is 53.4 Å². The number of hydrogen-bond donors (Lipinski definition) is 0. The zero-order valence-corrected chi connectivity index (χ0v) is 22.3. The summed E-state index contributed by atoms with van der Waals surface area (Å²) >= 11 is 3.31. The van der Waals surface area contributed by atoms with Gasteiger partial charge in [0.05, 0.1) is 52.4 Å². The Morgan fingerprint density at radius 2 is 1.37 bits per heavy atom. The van der Waals surface area contributed by atoms with Crippen LogP contribution in [0.25, 0.3) is 41.6 Å². The molecule has 5 rings (SSSR count). The topological polar surface area (TPSA) is 79.8 Å². The minimum Gasteiger partial charge on any atom is -0.490 e. The first-order chi connectivity index (χ1) is 18.7. The van der Waals surface area contributed by atoms with E-state index in [1.54, 1.807) is 22.7 Å². The van der Waals surface area contributed by atoms with E-state index >= 15 is 0 Å². The molecule has 9 heteroatoms. The maximum Gasteiger partial charge on any atom is 0.330 e. The second-order valence-corrected chi connectivity index (χ2v) is 10.2. The number of thiazole rings is 2. The van der Waals surface area contributed by atoms with Gasteiger partial charge in [-0.05, 0) is 42.5 Å². The number of carbonyl (C=O) groups excluding carboxylic acids is 1. The summed E-state index contributed by atoms with van der Waals surface area (Å²) in [6.45, 7) is 5.46. The maximum atomic E-state index is 11.0. The lowest BCUT2D eigenvalue weighted by molar-refractivity contribution is -0.139. The van der Waals surface area contributed by atoms with Gasteiger partial charge in [0.1, 0.15) is 29.0 Å². The number of carbonyl (C=O) groups is 1. The van der Waals surface area contributed by atoms with Gasteiger partial charge in [0.25, 0.3) is 0 Å². The summed E-state index contributed by atoms with van der Waals surface area (Å²) in [6, 6.07) is 22.4. The van der Waals surface area contributed by atoms with Crippen molar-refractivity contribution in [1.82, 2.24) is 9.97 Å². The lowest BCUT2D eigenvalue weighted by Crippen LogP contribution is -2.13. The summed E-state index contributed by atoms with van der Waals surface area (Å²) in [5, 5.41) is 1.86. The van der Waals surface area contributed by atoms with Gasteiger partial charge in [-0.15, -0.1) is 22.7 Å². The van der Waals surface area contributed by atoms with Gasteiger partial charge in [0, 0.05) is 11.6 Å². The zero-order chi connectivity index (χ0) is 26.2. The van der Waals surface area contributed by atoms with Crippen LogP contribution in [0.2, 0.25) is 0 Å². The molecule has 38 heavy (non-hydrogen) atoms. The third kappa shape index (κ3) is 6.43. The molecule has 2 heterocycles. The summed E-state index contributed by atoms with van der Waals surface area (Å²) in [5.41, 5.74) is 3.92. The number of nitrogens with zero attached hydrogens (tertiary/aromatic N) is 2. The van der Waals surface area contributed by atoms with Crippen molar-refractivity contribution in [3.05, 3.63) is 79.4 Å². The van der Waals surface area contributed by atoms with E-state index in [1.165, 1.54) is 0 Å². The SMILES string of the molecule is C=CC(=O)OCCOCCOCCOc1ccc(-c2nc3ccccc3s2)cc1-c1nc2ccccc2s1. The van der Waals surface area contributed by atoms with Crippen LogP contribution in [0.3, 0.4) is 0 Å². The van der Waals surface area contributed by atoms with Gasteiger partial charge < -0.3 is 18.9 Å². The number of fused-ring (bicyclic) bond motifs is 2. The molecule has 0 aliphatic heterocycles. The average molecular weight is 547 g/mol. The highest BCUT2D eigenvalue weighted by Crippen LogP contribution is 2.39. The molecule has 0 radical (unpaired) electrons. The molecule has 0 spiro atoms. The third-order valence-corrected chi connectivity index (χ3v) is 7.70. The number of benzene rings is 3. The molecular formula is C29H26N2O5S2. The first-order valence-corrected chi connectivity index (χ1v) is 13.8. The Bertz CT molecular complexity index is 1480. The minimum atomic E-state index is -0.458. The van der Waals surface area contributed by atoms with Crippen molar-refractivity contribution in [2.45, 2.75) is 0 Å². The summed E-state index contributed by atoms with van der Waals surface area (Å²) in [4.78, 5) is 20.7. The quantitative estimate of drug-likeness (QED) is 0.0963. The molecule has 194 valence electrons. The zero-order valence-electron chi connectivity index (χ0n) is 20.6. The fraction of sp³-hybridized carbons (Fsp3) is 0.207. The lowest BCUT2D eigenvalue weighted by Gasteiger charge is -2.12. The number of esters is 1. The van der Waals surface area contributed by atoms with Crippen LogP contribution in [0.5, 0.6) is 5.75 Å². The van der Waals surface area contributed by atoms with Crippen molar-refractivity contribution in [2.24, 2.45) is 0 Å². The Morgan fingerprint density at radius 3 is 2.05 bits per heavy atom. The van der Waals surface area contributed by atoms with E-state index in [-0.39, 0.29) is 6.61 Å². The van der Waals surface area contributed by atoms with Gasteiger partial charge in [-0.1, -0.05) is 30.8 Å². The van der Waals surface area contributed by atoms with Crippen LogP contribution in [0.15, 0.2) is 79.4 Å². The molecule has 0 bridgehead atoms. The van der Waals surface area contributed by atoms with Gasteiger partial charge in [-0.2, -0.15) is 0 Å². The first-order valence-electron chi connectivity index (χ1n) is 12.1. The van der Waals surface area contributed by atoms with Crippen LogP contribution in [-0.4, -0.2) is 55.6 Å². The largest absolute Gasteiger partial charge is 0.490 e. The van der Waals surface area contributed by atoms with Crippen molar-refractivity contribution in [2.75, 3.05) is 39.6 Å². The molecule has 5 aromatic rings. The first kappa shape index (κ1) is 26.0. The Labute approximate surface area is 228 Å². The summed E-state index contributed by atoms with van der Waals surface area (Å²) in [6.07, 6.45) is 1.12. The molecule has 0 saturated heterocycles. The number of hydrogen-bond acceptors (Lipinski definition) is 9. The van der Waals surface area contributed by atoms with Crippen LogP contribution in [-0.2, 0) is 19.0 Å². The highest BCUT2D eigenvalue weighted by molar-refractivity contribution is 7.22. The fourth-order valence-corrected chi connectivity index (χ4v) is 5.68. The lowest BCUT2D eigenvalue weighted by atomic mass is 10.1. The molecule has 0 saturated carbocycles. The van der Waals surface area contributed by atoms with Gasteiger partial charge in [-0.25, -0.2) is 14.8 Å². The molecule has 0 unspecified atom stereocenters. The van der Waals surface area contributed by atoms with E-state index in [9.17, 15) is 4.79 Å². The van der Waals surface area contributed by atoms with Crippen LogP contribution in [0.1, 0.15) is 0 Å². The molecule has 0 aliphatic rings. The smallest absolute Gasteiger partial charge is 0.330 e. The monoisotopic (exact) mass is 546 g/mol. The summed E-state index contributed by atoms with van der Waals surface area (Å²) in [5.74, 6) is 0.290. The molecule has 0 amide bonds. The van der Waals surface area contributed by atoms with Crippen molar-refractivity contribution < 1.29 is 23.7 Å². The Morgan fingerprint density at radius 1 is 0.763 bits per heavy atom. The van der Waals surface area contributed by atoms with Crippen molar-refractivity contribution in [1.29, 1.82) is 0 Å². The van der Waals surface area contributed by atoms with Crippen molar-refractivity contribution in [3.63, 3.8) is 0 Å². The molecule has 0 atom stereocenters. The van der Waals surface area contributed by atoms with E-state index in [1.807, 2.05) is 48.5 Å². The van der Waals surface area contributed by atoms with Crippen molar-refractivity contribution in [3.8, 4) is 26.9 Å². The van der Waals surface area contributed by atoms with Crippen LogP contribution in [0, 0.1) is 0 Å². The number of ether oxygens (including phenoxy) is 4. The maximum absolute atomic E-state index is 11.0. The number of aromatic nitrogens is 2. The predicted molar refractivity (Wildman–Crippen MR) is 152 cm³/mol. The Hall–Kier alpha value is -3.63. The molecular weight excluding hydrogens is 520 g/mol. The molecule has 2 aromatic heterocycles. The molecule has 0 fully saturated rings. The second-order valence-electron chi connectivity index (χ2n) is 8.13. The summed E-state index contributed by atoms with van der Waals surface area (Å²) < 4.78 is 24.3. The van der Waals surface area contributed by atoms with Crippen LogP contribution in [0.4, 0.5) is 0 Å². The van der Waals surface area contributed by atoms with E-state index in [4.69, 9.17) is 28.9 Å². The fourth-order valence-electron chi connectivity index (χ4n) is 3.73. The normalized spacial score (nSPS) is 11.2. The van der Waals surface area contributed by atoms with E-state index < -0.39 is 5.97 Å². The van der Waals surface area contributed by atoms with Gasteiger partial charge in [0.2, 0.25) is 0 Å². The Kier molecular flexibility index (Phi) is 8.72. The standard InChI is InChI=1S/C29H26N2O5S2/c1-2-27(32)36-18-16-34-14-13-33-15-17-35-24-12-11-20(28-30-22-7-3-5-9-25(22)37-28)19-21(24)29-31-23-8-4-6-10-26(23)38-29/h2-12,19H,1,13-18H2. The minimum absolute atomic E-state index is 0.190. The van der Waals surface area contributed by atoms with E-state index in [0.29, 0.717) is 33.0 Å².